The lowest BCUT2D eigenvalue weighted by molar-refractivity contribution is 0.112. The first kappa shape index (κ1) is 14.2. The van der Waals surface area contributed by atoms with Crippen LogP contribution in [0.4, 0.5) is 10.5 Å². The first-order valence-corrected chi connectivity index (χ1v) is 6.94. The van der Waals surface area contributed by atoms with Crippen LogP contribution in [0.3, 0.4) is 0 Å². The van der Waals surface area contributed by atoms with E-state index in [4.69, 9.17) is 22.1 Å². The Morgan fingerprint density at radius 3 is 2.68 bits per heavy atom. The van der Waals surface area contributed by atoms with E-state index < -0.39 is 6.09 Å². The monoisotopic (exact) mass is 282 g/mol. The third-order valence-corrected chi connectivity index (χ3v) is 3.78. The molecule has 1 aliphatic carbocycles. The summed E-state index contributed by atoms with van der Waals surface area (Å²) >= 11 is 5.95. The standard InChI is InChI=1S/C14H19ClN2O2/c15-11-6-2-3-7-12(11)17-13(18)19-10-14(16)8-4-1-5-9-14/h2-3,6-7H,1,4-5,8-10,16H2,(H,17,18). The maximum absolute atomic E-state index is 11.7. The molecule has 0 radical (unpaired) electrons. The molecule has 1 aliphatic rings. The lowest BCUT2D eigenvalue weighted by atomic mass is 9.83. The molecule has 0 spiro atoms. The SMILES string of the molecule is NC1(COC(=O)Nc2ccccc2Cl)CCCCC1. The van der Waals surface area contributed by atoms with Gasteiger partial charge < -0.3 is 10.5 Å². The van der Waals surface area contributed by atoms with Crippen LogP contribution in [0.25, 0.3) is 0 Å². The zero-order valence-electron chi connectivity index (χ0n) is 10.8. The van der Waals surface area contributed by atoms with Crippen molar-refractivity contribution in [2.24, 2.45) is 5.73 Å². The van der Waals surface area contributed by atoms with E-state index >= 15 is 0 Å². The molecule has 104 valence electrons. The summed E-state index contributed by atoms with van der Waals surface area (Å²) in [5.74, 6) is 0. The highest BCUT2D eigenvalue weighted by Gasteiger charge is 2.29. The van der Waals surface area contributed by atoms with Gasteiger partial charge in [-0.1, -0.05) is 43.0 Å². The van der Waals surface area contributed by atoms with Gasteiger partial charge in [0.15, 0.2) is 0 Å². The van der Waals surface area contributed by atoms with Crippen molar-refractivity contribution < 1.29 is 9.53 Å². The zero-order valence-corrected chi connectivity index (χ0v) is 11.6. The van der Waals surface area contributed by atoms with Crippen LogP contribution in [0.5, 0.6) is 0 Å². The van der Waals surface area contributed by atoms with E-state index in [1.54, 1.807) is 24.3 Å². The van der Waals surface area contributed by atoms with E-state index in [9.17, 15) is 4.79 Å². The Kier molecular flexibility index (Phi) is 4.66. The van der Waals surface area contributed by atoms with Crippen LogP contribution >= 0.6 is 11.6 Å². The number of nitrogens with one attached hydrogen (secondary N) is 1. The first-order chi connectivity index (χ1) is 9.09. The molecular formula is C14H19ClN2O2. The van der Waals surface area contributed by atoms with Gasteiger partial charge in [-0.3, -0.25) is 5.32 Å². The highest BCUT2D eigenvalue weighted by molar-refractivity contribution is 6.33. The number of hydrogen-bond acceptors (Lipinski definition) is 3. The quantitative estimate of drug-likeness (QED) is 0.891. The summed E-state index contributed by atoms with van der Waals surface area (Å²) in [4.78, 5) is 11.7. The van der Waals surface area contributed by atoms with E-state index in [1.165, 1.54) is 6.42 Å². The highest BCUT2D eigenvalue weighted by atomic mass is 35.5. The number of rotatable bonds is 3. The third-order valence-electron chi connectivity index (χ3n) is 3.45. The minimum atomic E-state index is -0.511. The van der Waals surface area contributed by atoms with Gasteiger partial charge in [-0.25, -0.2) is 4.79 Å². The number of halogens is 1. The fourth-order valence-corrected chi connectivity index (χ4v) is 2.50. The normalized spacial score (nSPS) is 17.8. The van der Waals surface area contributed by atoms with Gasteiger partial charge in [-0.05, 0) is 25.0 Å². The molecule has 1 aromatic carbocycles. The fraction of sp³-hybridized carbons (Fsp3) is 0.500. The van der Waals surface area contributed by atoms with Crippen LogP contribution in [0, 0.1) is 0 Å². The summed E-state index contributed by atoms with van der Waals surface area (Å²) in [6, 6.07) is 7.04. The fourth-order valence-electron chi connectivity index (χ4n) is 2.32. The number of benzene rings is 1. The van der Waals surface area contributed by atoms with Crippen molar-refractivity contribution in [1.29, 1.82) is 0 Å². The lowest BCUT2D eigenvalue weighted by Gasteiger charge is -2.32. The van der Waals surface area contributed by atoms with Crippen molar-refractivity contribution >= 4 is 23.4 Å². The number of ether oxygens (including phenoxy) is 1. The Hall–Kier alpha value is -1.26. The van der Waals surface area contributed by atoms with Crippen LogP contribution in [-0.4, -0.2) is 18.2 Å². The Morgan fingerprint density at radius 1 is 1.32 bits per heavy atom. The summed E-state index contributed by atoms with van der Waals surface area (Å²) < 4.78 is 5.21. The number of carbonyl (C=O) groups excluding carboxylic acids is 1. The van der Waals surface area contributed by atoms with Gasteiger partial charge >= 0.3 is 6.09 Å². The van der Waals surface area contributed by atoms with Crippen LogP contribution in [0.15, 0.2) is 24.3 Å². The van der Waals surface area contributed by atoms with E-state index in [1.807, 2.05) is 0 Å². The van der Waals surface area contributed by atoms with Crippen molar-refractivity contribution in [3.05, 3.63) is 29.3 Å². The predicted octanol–water partition coefficient (Wildman–Crippen LogP) is 3.55. The van der Waals surface area contributed by atoms with Gasteiger partial charge in [-0.15, -0.1) is 0 Å². The molecule has 1 saturated carbocycles. The molecule has 0 bridgehead atoms. The molecule has 1 amide bonds. The van der Waals surface area contributed by atoms with Crippen molar-refractivity contribution in [2.45, 2.75) is 37.6 Å². The molecule has 1 fully saturated rings. The molecule has 19 heavy (non-hydrogen) atoms. The molecule has 0 atom stereocenters. The van der Waals surface area contributed by atoms with E-state index in [2.05, 4.69) is 5.32 Å². The molecule has 0 unspecified atom stereocenters. The van der Waals surface area contributed by atoms with Crippen molar-refractivity contribution in [3.8, 4) is 0 Å². The third kappa shape index (κ3) is 4.11. The van der Waals surface area contributed by atoms with E-state index in [0.717, 1.165) is 25.7 Å². The molecule has 2 rings (SSSR count). The maximum atomic E-state index is 11.7. The minimum Gasteiger partial charge on any atom is -0.447 e. The number of nitrogens with two attached hydrogens (primary N) is 1. The Balaban J connectivity index is 1.83. The molecule has 1 aromatic rings. The number of amides is 1. The van der Waals surface area contributed by atoms with Gasteiger partial charge in [0.05, 0.1) is 16.2 Å². The van der Waals surface area contributed by atoms with Crippen LogP contribution < -0.4 is 11.1 Å². The zero-order chi connectivity index (χ0) is 13.7. The molecule has 0 aromatic heterocycles. The average Bonchev–Trinajstić information content (AvgIpc) is 2.40. The number of hydrogen-bond donors (Lipinski definition) is 2. The van der Waals surface area contributed by atoms with Crippen molar-refractivity contribution in [2.75, 3.05) is 11.9 Å². The summed E-state index contributed by atoms with van der Waals surface area (Å²) in [7, 11) is 0. The molecule has 5 heteroatoms. The Morgan fingerprint density at radius 2 is 2.00 bits per heavy atom. The number of para-hydroxylation sites is 1. The molecular weight excluding hydrogens is 264 g/mol. The summed E-state index contributed by atoms with van der Waals surface area (Å²) in [5, 5.41) is 3.10. The minimum absolute atomic E-state index is 0.253. The largest absolute Gasteiger partial charge is 0.447 e. The van der Waals surface area contributed by atoms with Gasteiger partial charge in [0.25, 0.3) is 0 Å². The highest BCUT2D eigenvalue weighted by Crippen LogP contribution is 2.26. The second-order valence-corrected chi connectivity index (χ2v) is 5.51. The van der Waals surface area contributed by atoms with Crippen LogP contribution in [0.1, 0.15) is 32.1 Å². The summed E-state index contributed by atoms with van der Waals surface area (Å²) in [6.45, 7) is 0.253. The van der Waals surface area contributed by atoms with Crippen molar-refractivity contribution in [1.82, 2.24) is 0 Å². The lowest BCUT2D eigenvalue weighted by Crippen LogP contribution is -2.46. The predicted molar refractivity (Wildman–Crippen MR) is 76.4 cm³/mol. The second-order valence-electron chi connectivity index (χ2n) is 5.10. The Bertz CT molecular complexity index is 445. The van der Waals surface area contributed by atoms with Crippen LogP contribution in [0.2, 0.25) is 5.02 Å². The molecule has 0 aliphatic heterocycles. The molecule has 0 heterocycles. The molecule has 4 nitrogen and oxygen atoms in total. The molecule has 0 saturated heterocycles. The first-order valence-electron chi connectivity index (χ1n) is 6.56. The number of carbonyl (C=O) groups is 1. The van der Waals surface area contributed by atoms with Crippen molar-refractivity contribution in [3.63, 3.8) is 0 Å². The van der Waals surface area contributed by atoms with E-state index in [-0.39, 0.29) is 12.1 Å². The smallest absolute Gasteiger partial charge is 0.411 e. The van der Waals surface area contributed by atoms with Gasteiger partial charge in [0.2, 0.25) is 0 Å². The Labute approximate surface area is 118 Å². The average molecular weight is 283 g/mol. The maximum Gasteiger partial charge on any atom is 0.411 e. The topological polar surface area (TPSA) is 64.3 Å². The summed E-state index contributed by atoms with van der Waals surface area (Å²) in [5.41, 5.74) is 6.38. The van der Waals surface area contributed by atoms with Gasteiger partial charge in [0, 0.05) is 0 Å². The van der Waals surface area contributed by atoms with E-state index in [0.29, 0.717) is 10.7 Å². The molecule has 3 N–H and O–H groups in total. The summed E-state index contributed by atoms with van der Waals surface area (Å²) in [6.07, 6.45) is 4.73. The van der Waals surface area contributed by atoms with Gasteiger partial charge in [0.1, 0.15) is 6.61 Å². The van der Waals surface area contributed by atoms with Gasteiger partial charge in [-0.2, -0.15) is 0 Å². The number of anilines is 1. The second kappa shape index (κ2) is 6.26. The van der Waals surface area contributed by atoms with Crippen LogP contribution in [-0.2, 0) is 4.74 Å².